The van der Waals surface area contributed by atoms with Crippen LogP contribution in [0, 0.1) is 11.8 Å². The van der Waals surface area contributed by atoms with E-state index in [4.69, 9.17) is 5.11 Å². The first-order valence-electron chi connectivity index (χ1n) is 5.40. The van der Waals surface area contributed by atoms with Gasteiger partial charge >= 0.3 is 12.0 Å². The highest BCUT2D eigenvalue weighted by molar-refractivity contribution is 5.95. The van der Waals surface area contributed by atoms with Gasteiger partial charge in [0.05, 0.1) is 12.5 Å². The standard InChI is InChI=1S/C10H17N3O4/c1-6-3-13(4-7(6)9(15)16)5-8(14)12-10(17)11-2/h6-7H,3-5H2,1-2H3,(H,15,16)(H2,11,12,14,17)/t6-,7-/m1/s1. The molecule has 0 aliphatic carbocycles. The van der Waals surface area contributed by atoms with Crippen molar-refractivity contribution >= 4 is 17.9 Å². The van der Waals surface area contributed by atoms with E-state index in [9.17, 15) is 14.4 Å². The molecular formula is C10H17N3O4. The molecule has 1 heterocycles. The van der Waals surface area contributed by atoms with Crippen LogP contribution in [0.2, 0.25) is 0 Å². The molecule has 0 aromatic carbocycles. The van der Waals surface area contributed by atoms with E-state index in [0.717, 1.165) is 0 Å². The van der Waals surface area contributed by atoms with Crippen molar-refractivity contribution in [3.05, 3.63) is 0 Å². The van der Waals surface area contributed by atoms with Crippen LogP contribution in [0.5, 0.6) is 0 Å². The van der Waals surface area contributed by atoms with Gasteiger partial charge in [0.1, 0.15) is 0 Å². The summed E-state index contributed by atoms with van der Waals surface area (Å²) in [6.07, 6.45) is 0. The average Bonchev–Trinajstić information content (AvgIpc) is 2.59. The summed E-state index contributed by atoms with van der Waals surface area (Å²) < 4.78 is 0. The van der Waals surface area contributed by atoms with Crippen molar-refractivity contribution < 1.29 is 19.5 Å². The van der Waals surface area contributed by atoms with Gasteiger partial charge in [-0.15, -0.1) is 0 Å². The second-order valence-corrected chi connectivity index (χ2v) is 4.24. The topological polar surface area (TPSA) is 98.7 Å². The number of hydrogen-bond acceptors (Lipinski definition) is 4. The van der Waals surface area contributed by atoms with E-state index >= 15 is 0 Å². The lowest BCUT2D eigenvalue weighted by molar-refractivity contribution is -0.142. The zero-order chi connectivity index (χ0) is 13.0. The Morgan fingerprint density at radius 2 is 2.00 bits per heavy atom. The van der Waals surface area contributed by atoms with Crippen molar-refractivity contribution in [3.63, 3.8) is 0 Å². The molecule has 3 N–H and O–H groups in total. The van der Waals surface area contributed by atoms with Crippen molar-refractivity contribution in [2.75, 3.05) is 26.7 Å². The largest absolute Gasteiger partial charge is 0.481 e. The van der Waals surface area contributed by atoms with Crippen LogP contribution in [0.4, 0.5) is 4.79 Å². The summed E-state index contributed by atoms with van der Waals surface area (Å²) >= 11 is 0. The maximum absolute atomic E-state index is 11.4. The average molecular weight is 243 g/mol. The SMILES string of the molecule is CNC(=O)NC(=O)CN1C[C@@H](C)[C@H](C(=O)O)C1. The quantitative estimate of drug-likeness (QED) is 0.596. The highest BCUT2D eigenvalue weighted by Gasteiger charge is 2.35. The van der Waals surface area contributed by atoms with Gasteiger partial charge in [-0.05, 0) is 5.92 Å². The maximum Gasteiger partial charge on any atom is 0.321 e. The number of hydrogen-bond donors (Lipinski definition) is 3. The van der Waals surface area contributed by atoms with Crippen molar-refractivity contribution in [3.8, 4) is 0 Å². The summed E-state index contributed by atoms with van der Waals surface area (Å²) in [5.41, 5.74) is 0. The van der Waals surface area contributed by atoms with Gasteiger partial charge in [0.25, 0.3) is 0 Å². The number of aliphatic carboxylic acids is 1. The first kappa shape index (κ1) is 13.4. The van der Waals surface area contributed by atoms with Crippen molar-refractivity contribution in [1.82, 2.24) is 15.5 Å². The maximum atomic E-state index is 11.4. The molecule has 2 atom stereocenters. The molecule has 1 fully saturated rings. The summed E-state index contributed by atoms with van der Waals surface area (Å²) in [6, 6.07) is -0.558. The lowest BCUT2D eigenvalue weighted by atomic mass is 9.99. The van der Waals surface area contributed by atoms with Crippen LogP contribution in [0.1, 0.15) is 6.92 Å². The van der Waals surface area contributed by atoms with Gasteiger partial charge in [-0.2, -0.15) is 0 Å². The molecule has 1 aliphatic rings. The van der Waals surface area contributed by atoms with Gasteiger partial charge in [0, 0.05) is 20.1 Å². The highest BCUT2D eigenvalue weighted by Crippen LogP contribution is 2.22. The van der Waals surface area contributed by atoms with Crippen molar-refractivity contribution in [2.45, 2.75) is 6.92 Å². The van der Waals surface area contributed by atoms with Crippen LogP contribution in [-0.4, -0.2) is 54.6 Å². The highest BCUT2D eigenvalue weighted by atomic mass is 16.4. The third-order valence-electron chi connectivity index (χ3n) is 2.85. The fraction of sp³-hybridized carbons (Fsp3) is 0.700. The van der Waals surface area contributed by atoms with E-state index in [1.54, 1.807) is 4.90 Å². The molecule has 1 rings (SSSR count). The Balaban J connectivity index is 2.42. The summed E-state index contributed by atoms with van der Waals surface area (Å²) in [4.78, 5) is 34.9. The molecule has 1 aliphatic heterocycles. The van der Waals surface area contributed by atoms with Crippen LogP contribution in [-0.2, 0) is 9.59 Å². The predicted octanol–water partition coefficient (Wildman–Crippen LogP) is -0.905. The van der Waals surface area contributed by atoms with Gasteiger partial charge in [-0.3, -0.25) is 19.8 Å². The Kier molecular flexibility index (Phi) is 4.45. The Morgan fingerprint density at radius 3 is 2.47 bits per heavy atom. The minimum absolute atomic E-state index is 0.0142. The van der Waals surface area contributed by atoms with Crippen molar-refractivity contribution in [1.29, 1.82) is 0 Å². The third-order valence-corrected chi connectivity index (χ3v) is 2.85. The van der Waals surface area contributed by atoms with Gasteiger partial charge < -0.3 is 10.4 Å². The molecule has 0 spiro atoms. The molecule has 3 amide bonds. The molecule has 7 nitrogen and oxygen atoms in total. The molecule has 0 aromatic heterocycles. The normalized spacial score (nSPS) is 24.4. The molecule has 7 heteroatoms. The number of imide groups is 1. The summed E-state index contributed by atoms with van der Waals surface area (Å²) in [5, 5.41) is 13.3. The Hall–Kier alpha value is -1.63. The van der Waals surface area contributed by atoms with E-state index in [0.29, 0.717) is 13.1 Å². The van der Waals surface area contributed by atoms with Gasteiger partial charge in [-0.1, -0.05) is 6.92 Å². The Labute approximate surface area is 99.2 Å². The first-order chi connectivity index (χ1) is 7.93. The van der Waals surface area contributed by atoms with Crippen LogP contribution < -0.4 is 10.6 Å². The van der Waals surface area contributed by atoms with Crippen LogP contribution in [0.25, 0.3) is 0 Å². The second kappa shape index (κ2) is 5.62. The molecule has 0 unspecified atom stereocenters. The molecule has 0 bridgehead atoms. The number of amides is 3. The minimum Gasteiger partial charge on any atom is -0.481 e. The summed E-state index contributed by atoms with van der Waals surface area (Å²) in [6.45, 7) is 2.78. The van der Waals surface area contributed by atoms with Crippen LogP contribution in [0.3, 0.4) is 0 Å². The number of rotatable bonds is 3. The van der Waals surface area contributed by atoms with E-state index in [1.165, 1.54) is 7.05 Å². The number of carboxylic acid groups (broad SMARTS) is 1. The predicted molar refractivity (Wildman–Crippen MR) is 59.3 cm³/mol. The zero-order valence-electron chi connectivity index (χ0n) is 9.90. The molecule has 96 valence electrons. The van der Waals surface area contributed by atoms with E-state index in [1.807, 2.05) is 6.92 Å². The van der Waals surface area contributed by atoms with E-state index < -0.39 is 23.8 Å². The van der Waals surface area contributed by atoms with Crippen LogP contribution >= 0.6 is 0 Å². The number of carboxylic acids is 1. The number of urea groups is 1. The molecule has 1 saturated heterocycles. The lowest BCUT2D eigenvalue weighted by Crippen LogP contribution is -2.43. The summed E-state index contributed by atoms with van der Waals surface area (Å²) in [5.74, 6) is -1.70. The van der Waals surface area contributed by atoms with Gasteiger partial charge in [0.15, 0.2) is 0 Å². The number of nitrogens with one attached hydrogen (secondary N) is 2. The second-order valence-electron chi connectivity index (χ2n) is 4.24. The third kappa shape index (κ3) is 3.70. The minimum atomic E-state index is -0.841. The smallest absolute Gasteiger partial charge is 0.321 e. The Morgan fingerprint density at radius 1 is 1.35 bits per heavy atom. The van der Waals surface area contributed by atoms with Crippen LogP contribution in [0.15, 0.2) is 0 Å². The fourth-order valence-electron chi connectivity index (χ4n) is 1.95. The van der Waals surface area contributed by atoms with Gasteiger partial charge in [0.2, 0.25) is 5.91 Å². The number of carbonyl (C=O) groups is 3. The van der Waals surface area contributed by atoms with E-state index in [2.05, 4.69) is 10.6 Å². The fourth-order valence-corrected chi connectivity index (χ4v) is 1.95. The number of nitrogens with zero attached hydrogens (tertiary/aromatic N) is 1. The monoisotopic (exact) mass is 243 g/mol. The number of carbonyl (C=O) groups excluding carboxylic acids is 2. The molecule has 0 radical (unpaired) electrons. The molecule has 17 heavy (non-hydrogen) atoms. The molecular weight excluding hydrogens is 226 g/mol. The number of likely N-dealkylation sites (tertiary alicyclic amines) is 1. The lowest BCUT2D eigenvalue weighted by Gasteiger charge is -2.14. The molecule has 0 aromatic rings. The summed E-state index contributed by atoms with van der Waals surface area (Å²) in [7, 11) is 1.42. The Bertz CT molecular complexity index is 332. The van der Waals surface area contributed by atoms with Gasteiger partial charge in [-0.25, -0.2) is 4.79 Å². The van der Waals surface area contributed by atoms with E-state index in [-0.39, 0.29) is 12.5 Å². The van der Waals surface area contributed by atoms with Crippen molar-refractivity contribution in [2.24, 2.45) is 11.8 Å². The zero-order valence-corrected chi connectivity index (χ0v) is 9.90. The first-order valence-corrected chi connectivity index (χ1v) is 5.40. The molecule has 0 saturated carbocycles.